The van der Waals surface area contributed by atoms with Crippen molar-refractivity contribution in [2.45, 2.75) is 6.54 Å². The number of ether oxygens (including phenoxy) is 1. The Morgan fingerprint density at radius 1 is 0.826 bits per heavy atom. The van der Waals surface area contributed by atoms with Crippen molar-refractivity contribution in [2.24, 2.45) is 0 Å². The maximum absolute atomic E-state index is 6.15. The smallest absolute Gasteiger partial charge is 0.127 e. The molecule has 0 aromatic heterocycles. The van der Waals surface area contributed by atoms with Gasteiger partial charge in [-0.3, -0.25) is 0 Å². The number of nitrogen functional groups attached to an aromatic ring is 1. The summed E-state index contributed by atoms with van der Waals surface area (Å²) in [4.78, 5) is 0. The third-order valence-corrected chi connectivity index (χ3v) is 3.73. The van der Waals surface area contributed by atoms with E-state index in [0.717, 1.165) is 22.7 Å². The molecule has 3 nitrogen and oxygen atoms in total. The average Bonchev–Trinajstić information content (AvgIpc) is 2.57. The van der Waals surface area contributed by atoms with Crippen LogP contribution in [0.3, 0.4) is 0 Å². The SMILES string of the molecule is Nc1cccc(Cl)c1NCc1ccc(Oc2ccccc2)cc1. The van der Waals surface area contributed by atoms with Crippen LogP contribution in [0.5, 0.6) is 11.5 Å². The van der Waals surface area contributed by atoms with Crippen molar-refractivity contribution in [3.63, 3.8) is 0 Å². The second-order valence-electron chi connectivity index (χ2n) is 5.12. The zero-order valence-corrected chi connectivity index (χ0v) is 13.3. The Hall–Kier alpha value is -2.65. The highest BCUT2D eigenvalue weighted by Crippen LogP contribution is 2.28. The molecule has 0 atom stereocenters. The normalized spacial score (nSPS) is 10.3. The van der Waals surface area contributed by atoms with Crippen molar-refractivity contribution < 1.29 is 4.74 Å². The zero-order chi connectivity index (χ0) is 16.1. The average molecular weight is 325 g/mol. The van der Waals surface area contributed by atoms with Crippen LogP contribution < -0.4 is 15.8 Å². The molecule has 0 heterocycles. The molecule has 0 bridgehead atoms. The van der Waals surface area contributed by atoms with Crippen LogP contribution >= 0.6 is 11.6 Å². The minimum atomic E-state index is 0.619. The Kier molecular flexibility index (Phi) is 4.69. The molecular weight excluding hydrogens is 308 g/mol. The van der Waals surface area contributed by atoms with Crippen molar-refractivity contribution in [3.05, 3.63) is 83.4 Å². The molecule has 0 saturated heterocycles. The van der Waals surface area contributed by atoms with E-state index in [0.29, 0.717) is 17.3 Å². The Balaban J connectivity index is 1.64. The highest BCUT2D eigenvalue weighted by Gasteiger charge is 2.04. The quantitative estimate of drug-likeness (QED) is 0.624. The van der Waals surface area contributed by atoms with Gasteiger partial charge in [-0.25, -0.2) is 0 Å². The molecule has 0 aliphatic carbocycles. The number of halogens is 1. The summed E-state index contributed by atoms with van der Waals surface area (Å²) in [5.74, 6) is 1.62. The van der Waals surface area contributed by atoms with Gasteiger partial charge in [0.1, 0.15) is 11.5 Å². The van der Waals surface area contributed by atoms with E-state index in [1.165, 1.54) is 0 Å². The van der Waals surface area contributed by atoms with Gasteiger partial charge in [0, 0.05) is 6.54 Å². The zero-order valence-electron chi connectivity index (χ0n) is 12.5. The number of benzene rings is 3. The van der Waals surface area contributed by atoms with Gasteiger partial charge in [0.05, 0.1) is 16.4 Å². The van der Waals surface area contributed by atoms with E-state index in [2.05, 4.69) is 5.32 Å². The van der Waals surface area contributed by atoms with Gasteiger partial charge in [-0.1, -0.05) is 48.0 Å². The predicted octanol–water partition coefficient (Wildman–Crippen LogP) is 5.33. The molecular formula is C19H17ClN2O. The number of nitrogens with one attached hydrogen (secondary N) is 1. The van der Waals surface area contributed by atoms with Crippen LogP contribution in [0.1, 0.15) is 5.56 Å². The van der Waals surface area contributed by atoms with Gasteiger partial charge in [0.2, 0.25) is 0 Å². The maximum Gasteiger partial charge on any atom is 0.127 e. The molecule has 3 aromatic carbocycles. The lowest BCUT2D eigenvalue weighted by Crippen LogP contribution is -2.03. The highest BCUT2D eigenvalue weighted by molar-refractivity contribution is 6.33. The summed E-state index contributed by atoms with van der Waals surface area (Å²) in [6, 6.07) is 23.1. The van der Waals surface area contributed by atoms with E-state index in [1.54, 1.807) is 0 Å². The van der Waals surface area contributed by atoms with Crippen molar-refractivity contribution >= 4 is 23.0 Å². The number of anilines is 2. The van der Waals surface area contributed by atoms with E-state index in [9.17, 15) is 0 Å². The molecule has 0 radical (unpaired) electrons. The Labute approximate surface area is 140 Å². The van der Waals surface area contributed by atoms with Crippen LogP contribution in [0.25, 0.3) is 0 Å². The molecule has 3 aromatic rings. The molecule has 116 valence electrons. The molecule has 23 heavy (non-hydrogen) atoms. The fourth-order valence-electron chi connectivity index (χ4n) is 2.22. The second kappa shape index (κ2) is 7.07. The van der Waals surface area contributed by atoms with Crippen molar-refractivity contribution in [2.75, 3.05) is 11.1 Å². The van der Waals surface area contributed by atoms with E-state index in [-0.39, 0.29) is 0 Å². The molecule has 0 fully saturated rings. The molecule has 4 heteroatoms. The summed E-state index contributed by atoms with van der Waals surface area (Å²) in [6.45, 7) is 0.638. The molecule has 0 spiro atoms. The second-order valence-corrected chi connectivity index (χ2v) is 5.52. The topological polar surface area (TPSA) is 47.3 Å². The van der Waals surface area contributed by atoms with E-state index < -0.39 is 0 Å². The lowest BCUT2D eigenvalue weighted by Gasteiger charge is -2.11. The molecule has 0 saturated carbocycles. The summed E-state index contributed by atoms with van der Waals surface area (Å²) in [5, 5.41) is 3.89. The number of para-hydroxylation sites is 2. The van der Waals surface area contributed by atoms with Crippen LogP contribution in [0, 0.1) is 0 Å². The summed E-state index contributed by atoms with van der Waals surface area (Å²) < 4.78 is 5.77. The maximum atomic E-state index is 6.15. The fourth-order valence-corrected chi connectivity index (χ4v) is 2.47. The van der Waals surface area contributed by atoms with Crippen molar-refractivity contribution in [1.82, 2.24) is 0 Å². The Morgan fingerprint density at radius 2 is 1.52 bits per heavy atom. The first-order valence-corrected chi connectivity index (χ1v) is 7.70. The van der Waals surface area contributed by atoms with Crippen LogP contribution in [-0.2, 0) is 6.54 Å². The summed E-state index contributed by atoms with van der Waals surface area (Å²) >= 11 is 6.15. The molecule has 3 rings (SSSR count). The number of hydrogen-bond acceptors (Lipinski definition) is 3. The van der Waals surface area contributed by atoms with Gasteiger partial charge in [0.15, 0.2) is 0 Å². The first-order chi connectivity index (χ1) is 11.2. The molecule has 0 unspecified atom stereocenters. The monoisotopic (exact) mass is 324 g/mol. The number of rotatable bonds is 5. The van der Waals surface area contributed by atoms with Gasteiger partial charge >= 0.3 is 0 Å². The number of hydrogen-bond donors (Lipinski definition) is 2. The summed E-state index contributed by atoms with van der Waals surface area (Å²) in [6.07, 6.45) is 0. The highest BCUT2D eigenvalue weighted by atomic mass is 35.5. The fraction of sp³-hybridized carbons (Fsp3) is 0.0526. The van der Waals surface area contributed by atoms with E-state index in [1.807, 2.05) is 72.8 Å². The molecule has 0 aliphatic rings. The summed E-state index contributed by atoms with van der Waals surface area (Å²) in [7, 11) is 0. The van der Waals surface area contributed by atoms with Gasteiger partial charge in [0.25, 0.3) is 0 Å². The van der Waals surface area contributed by atoms with Crippen LogP contribution in [0.4, 0.5) is 11.4 Å². The van der Waals surface area contributed by atoms with Gasteiger partial charge in [-0.05, 0) is 42.0 Å². The van der Waals surface area contributed by atoms with E-state index in [4.69, 9.17) is 22.1 Å². The third kappa shape index (κ3) is 3.96. The van der Waals surface area contributed by atoms with Gasteiger partial charge in [-0.2, -0.15) is 0 Å². The predicted molar refractivity (Wildman–Crippen MR) is 96.1 cm³/mol. The first kappa shape index (κ1) is 15.3. The largest absolute Gasteiger partial charge is 0.457 e. The molecule has 0 amide bonds. The van der Waals surface area contributed by atoms with Gasteiger partial charge < -0.3 is 15.8 Å². The first-order valence-electron chi connectivity index (χ1n) is 7.32. The Morgan fingerprint density at radius 3 is 2.22 bits per heavy atom. The van der Waals surface area contributed by atoms with Crippen molar-refractivity contribution in [3.8, 4) is 11.5 Å². The van der Waals surface area contributed by atoms with Crippen LogP contribution in [0.2, 0.25) is 5.02 Å². The number of nitrogens with two attached hydrogens (primary N) is 1. The minimum Gasteiger partial charge on any atom is -0.457 e. The van der Waals surface area contributed by atoms with Crippen LogP contribution in [-0.4, -0.2) is 0 Å². The van der Waals surface area contributed by atoms with E-state index >= 15 is 0 Å². The lowest BCUT2D eigenvalue weighted by molar-refractivity contribution is 0.482. The Bertz CT molecular complexity index is 753. The standard InChI is InChI=1S/C19H17ClN2O/c20-17-7-4-8-18(21)19(17)22-13-14-9-11-16(12-10-14)23-15-5-2-1-3-6-15/h1-12,22H,13,21H2. The van der Waals surface area contributed by atoms with Crippen LogP contribution in [0.15, 0.2) is 72.8 Å². The molecule has 3 N–H and O–H groups in total. The molecule has 0 aliphatic heterocycles. The van der Waals surface area contributed by atoms with Gasteiger partial charge in [-0.15, -0.1) is 0 Å². The van der Waals surface area contributed by atoms with Crippen molar-refractivity contribution in [1.29, 1.82) is 0 Å². The third-order valence-electron chi connectivity index (χ3n) is 3.42. The minimum absolute atomic E-state index is 0.619. The lowest BCUT2D eigenvalue weighted by atomic mass is 10.2. The summed E-state index contributed by atoms with van der Waals surface area (Å²) in [5.41, 5.74) is 8.45.